The first-order valence-electron chi connectivity index (χ1n) is 9.99. The number of hydrazone groups is 1. The zero-order chi connectivity index (χ0) is 21.9. The first-order chi connectivity index (χ1) is 14.4. The fraction of sp³-hybridized carbons (Fsp3) is 0.391. The molecule has 2 aromatic carbocycles. The molecule has 7 heteroatoms. The monoisotopic (exact) mass is 429 g/mol. The summed E-state index contributed by atoms with van der Waals surface area (Å²) >= 11 is 4.98. The second-order valence-corrected chi connectivity index (χ2v) is 7.51. The number of rotatable bonds is 10. The fourth-order valence-corrected chi connectivity index (χ4v) is 2.82. The summed E-state index contributed by atoms with van der Waals surface area (Å²) in [5.74, 6) is 2.72. The molecule has 0 unspecified atom stereocenters. The molecule has 6 nitrogen and oxygen atoms in total. The molecule has 0 fully saturated rings. The van der Waals surface area contributed by atoms with E-state index in [4.69, 9.17) is 26.4 Å². The molecule has 0 heterocycles. The normalized spacial score (nSPS) is 10.9. The second-order valence-electron chi connectivity index (χ2n) is 7.11. The maximum absolute atomic E-state index is 6.01. The van der Waals surface area contributed by atoms with Gasteiger partial charge in [0.05, 0.1) is 26.5 Å². The highest BCUT2D eigenvalue weighted by atomic mass is 32.1. The lowest BCUT2D eigenvalue weighted by Crippen LogP contribution is -2.28. The van der Waals surface area contributed by atoms with Crippen molar-refractivity contribution in [2.75, 3.05) is 27.4 Å². The van der Waals surface area contributed by atoms with Crippen LogP contribution in [-0.4, -0.2) is 38.7 Å². The van der Waals surface area contributed by atoms with Crippen molar-refractivity contribution in [1.82, 2.24) is 10.7 Å². The Balaban J connectivity index is 1.86. The second kappa shape index (κ2) is 12.0. The summed E-state index contributed by atoms with van der Waals surface area (Å²) < 4.78 is 17.3. The van der Waals surface area contributed by atoms with Crippen LogP contribution in [0.4, 0.5) is 0 Å². The molecule has 0 saturated carbocycles. The van der Waals surface area contributed by atoms with E-state index in [0.29, 0.717) is 35.7 Å². The number of ether oxygens (including phenoxy) is 3. The molecule has 2 aromatic rings. The Labute approximate surface area is 184 Å². The van der Waals surface area contributed by atoms with Crippen LogP contribution in [0.5, 0.6) is 17.2 Å². The van der Waals surface area contributed by atoms with E-state index >= 15 is 0 Å². The Hall–Kier alpha value is -2.80. The maximum atomic E-state index is 6.01. The highest BCUT2D eigenvalue weighted by molar-refractivity contribution is 7.80. The van der Waals surface area contributed by atoms with Crippen molar-refractivity contribution in [2.24, 2.45) is 5.10 Å². The Morgan fingerprint density at radius 3 is 2.47 bits per heavy atom. The van der Waals surface area contributed by atoms with Gasteiger partial charge in [0.1, 0.15) is 5.75 Å². The molecule has 0 radical (unpaired) electrons. The van der Waals surface area contributed by atoms with Gasteiger partial charge in [-0.05, 0) is 66.0 Å². The quantitative estimate of drug-likeness (QED) is 0.253. The lowest BCUT2D eigenvalue weighted by molar-refractivity contribution is 0.239. The van der Waals surface area contributed by atoms with E-state index in [1.165, 1.54) is 11.1 Å². The number of thiocarbonyl (C=S) groups is 1. The highest BCUT2D eigenvalue weighted by Gasteiger charge is 2.09. The Kier molecular flexibility index (Phi) is 9.41. The van der Waals surface area contributed by atoms with Gasteiger partial charge in [0.2, 0.25) is 0 Å². The van der Waals surface area contributed by atoms with Gasteiger partial charge in [-0.3, -0.25) is 5.43 Å². The molecule has 30 heavy (non-hydrogen) atoms. The minimum Gasteiger partial charge on any atom is -0.493 e. The van der Waals surface area contributed by atoms with Gasteiger partial charge in [-0.1, -0.05) is 26.0 Å². The van der Waals surface area contributed by atoms with Gasteiger partial charge in [0.15, 0.2) is 16.6 Å². The van der Waals surface area contributed by atoms with E-state index < -0.39 is 0 Å². The largest absolute Gasteiger partial charge is 0.493 e. The number of hydrogen-bond donors (Lipinski definition) is 2. The van der Waals surface area contributed by atoms with Crippen LogP contribution in [0.25, 0.3) is 0 Å². The minimum absolute atomic E-state index is 0.423. The van der Waals surface area contributed by atoms with Crippen LogP contribution in [-0.2, 0) is 0 Å². The molecule has 0 spiro atoms. The highest BCUT2D eigenvalue weighted by Crippen LogP contribution is 2.29. The van der Waals surface area contributed by atoms with Gasteiger partial charge in [0.25, 0.3) is 0 Å². The van der Waals surface area contributed by atoms with E-state index in [0.717, 1.165) is 17.7 Å². The van der Waals surface area contributed by atoms with Gasteiger partial charge in [0, 0.05) is 13.5 Å². The predicted molar refractivity (Wildman–Crippen MR) is 126 cm³/mol. The van der Waals surface area contributed by atoms with Crippen LogP contribution in [0.2, 0.25) is 0 Å². The van der Waals surface area contributed by atoms with E-state index in [1.807, 2.05) is 18.2 Å². The summed E-state index contributed by atoms with van der Waals surface area (Å²) in [4.78, 5) is 0. The molecular weight excluding hydrogens is 398 g/mol. The number of nitrogens with one attached hydrogen (secondary N) is 2. The van der Waals surface area contributed by atoms with Crippen molar-refractivity contribution in [3.05, 3.63) is 53.1 Å². The van der Waals surface area contributed by atoms with Crippen molar-refractivity contribution >= 4 is 23.5 Å². The van der Waals surface area contributed by atoms with Crippen LogP contribution in [0.15, 0.2) is 41.5 Å². The van der Waals surface area contributed by atoms with Gasteiger partial charge in [-0.15, -0.1) is 0 Å². The van der Waals surface area contributed by atoms with Crippen molar-refractivity contribution < 1.29 is 14.2 Å². The first-order valence-corrected chi connectivity index (χ1v) is 10.4. The third kappa shape index (κ3) is 7.22. The summed E-state index contributed by atoms with van der Waals surface area (Å²) in [6.45, 7) is 7.54. The van der Waals surface area contributed by atoms with Crippen molar-refractivity contribution in [3.8, 4) is 17.2 Å². The maximum Gasteiger partial charge on any atom is 0.186 e. The molecule has 0 bridgehead atoms. The van der Waals surface area contributed by atoms with Gasteiger partial charge in [-0.2, -0.15) is 5.10 Å². The standard InChI is InChI=1S/C23H31N3O3S/c1-16(2)19-9-7-17(3)13-21(19)29-12-6-11-28-20-10-8-18(14-22(20)27-5)15-25-26-23(30)24-4/h7-10,13-16H,6,11-12H2,1-5H3,(H2,24,26,30)/b25-15+. The lowest BCUT2D eigenvalue weighted by atomic mass is 10.0. The van der Waals surface area contributed by atoms with Gasteiger partial charge < -0.3 is 19.5 Å². The number of aryl methyl sites for hydroxylation is 1. The molecule has 0 saturated heterocycles. The third-order valence-corrected chi connectivity index (χ3v) is 4.68. The fourth-order valence-electron chi connectivity index (χ4n) is 2.77. The van der Waals surface area contributed by atoms with Gasteiger partial charge >= 0.3 is 0 Å². The molecule has 162 valence electrons. The number of benzene rings is 2. The molecule has 0 amide bonds. The predicted octanol–water partition coefficient (Wildman–Crippen LogP) is 4.40. The summed E-state index contributed by atoms with van der Waals surface area (Å²) in [5.41, 5.74) is 6.01. The van der Waals surface area contributed by atoms with Crippen molar-refractivity contribution in [1.29, 1.82) is 0 Å². The Morgan fingerprint density at radius 1 is 1.07 bits per heavy atom. The topological polar surface area (TPSA) is 64.1 Å². The zero-order valence-electron chi connectivity index (χ0n) is 18.3. The van der Waals surface area contributed by atoms with Crippen molar-refractivity contribution in [3.63, 3.8) is 0 Å². The number of hydrogen-bond acceptors (Lipinski definition) is 5. The Morgan fingerprint density at radius 2 is 1.80 bits per heavy atom. The summed E-state index contributed by atoms with van der Waals surface area (Å²) in [7, 11) is 3.35. The van der Waals surface area contributed by atoms with Crippen LogP contribution < -0.4 is 25.0 Å². The van der Waals surface area contributed by atoms with Crippen LogP contribution in [0.1, 0.15) is 42.9 Å². The van der Waals surface area contributed by atoms with Crippen molar-refractivity contribution in [2.45, 2.75) is 33.1 Å². The minimum atomic E-state index is 0.423. The van der Waals surface area contributed by atoms with Crippen LogP contribution in [0, 0.1) is 6.92 Å². The third-order valence-electron chi connectivity index (χ3n) is 4.39. The summed E-state index contributed by atoms with van der Waals surface area (Å²) in [6, 6.07) is 12.0. The van der Waals surface area contributed by atoms with E-state index in [9.17, 15) is 0 Å². The molecule has 2 N–H and O–H groups in total. The summed E-state index contributed by atoms with van der Waals surface area (Å²) in [5, 5.41) is 7.31. The van der Waals surface area contributed by atoms with E-state index in [2.05, 4.69) is 54.8 Å². The molecule has 0 atom stereocenters. The lowest BCUT2D eigenvalue weighted by Gasteiger charge is -2.15. The molecule has 0 aliphatic carbocycles. The number of nitrogens with zero attached hydrogens (tertiary/aromatic N) is 1. The van der Waals surface area contributed by atoms with Gasteiger partial charge in [-0.25, -0.2) is 0 Å². The molecule has 0 aliphatic heterocycles. The average Bonchev–Trinajstić information content (AvgIpc) is 2.73. The molecule has 0 aliphatic rings. The molecular formula is C23H31N3O3S. The molecule has 0 aromatic heterocycles. The smallest absolute Gasteiger partial charge is 0.186 e. The van der Waals surface area contributed by atoms with Crippen LogP contribution >= 0.6 is 12.2 Å². The summed E-state index contributed by atoms with van der Waals surface area (Å²) in [6.07, 6.45) is 2.43. The first kappa shape index (κ1) is 23.5. The zero-order valence-corrected chi connectivity index (χ0v) is 19.1. The van der Waals surface area contributed by atoms with Crippen LogP contribution in [0.3, 0.4) is 0 Å². The Bertz CT molecular complexity index is 869. The molecule has 2 rings (SSSR count). The number of methoxy groups -OCH3 is 1. The average molecular weight is 430 g/mol. The van der Waals surface area contributed by atoms with E-state index in [1.54, 1.807) is 20.4 Å². The van der Waals surface area contributed by atoms with E-state index in [-0.39, 0.29) is 0 Å². The SMILES string of the molecule is CNC(=S)N/N=C/c1ccc(OCCCOc2cc(C)ccc2C(C)C)c(OC)c1.